The van der Waals surface area contributed by atoms with Crippen LogP contribution in [0.15, 0.2) is 42.6 Å². The van der Waals surface area contributed by atoms with Gasteiger partial charge in [0.15, 0.2) is 5.82 Å². The summed E-state index contributed by atoms with van der Waals surface area (Å²) in [4.78, 5) is 45.4. The highest BCUT2D eigenvalue weighted by atomic mass is 35.5. The number of rotatable bonds is 5. The van der Waals surface area contributed by atoms with E-state index in [1.165, 1.54) is 0 Å². The van der Waals surface area contributed by atoms with Gasteiger partial charge in [0.05, 0.1) is 17.5 Å². The fraction of sp³-hybridized carbons (Fsp3) is 0.472. The van der Waals surface area contributed by atoms with Crippen LogP contribution in [0.4, 0.5) is 15.0 Å². The first-order valence-corrected chi connectivity index (χ1v) is 17.1. The summed E-state index contributed by atoms with van der Waals surface area (Å²) in [6.07, 6.45) is 4.46. The number of likely N-dealkylation sites (tertiary alicyclic amines) is 1. The van der Waals surface area contributed by atoms with Gasteiger partial charge in [-0.3, -0.25) is 14.7 Å². The van der Waals surface area contributed by atoms with Crippen LogP contribution in [0.5, 0.6) is 6.01 Å². The average Bonchev–Trinajstić information content (AvgIpc) is 3.33. The largest absolute Gasteiger partial charge is 0.460 e. The first kappa shape index (κ1) is 32.3. The molecule has 3 aliphatic heterocycles. The monoisotopic (exact) mass is 674 g/mol. The van der Waals surface area contributed by atoms with Crippen molar-refractivity contribution in [1.29, 1.82) is 0 Å². The van der Waals surface area contributed by atoms with E-state index in [1.54, 1.807) is 12.3 Å². The van der Waals surface area contributed by atoms with Gasteiger partial charge < -0.3 is 19.3 Å². The minimum absolute atomic E-state index is 0.0756. The van der Waals surface area contributed by atoms with Gasteiger partial charge in [0.2, 0.25) is 5.91 Å². The maximum Gasteiger partial charge on any atom is 0.410 e. The van der Waals surface area contributed by atoms with Crippen molar-refractivity contribution in [2.75, 3.05) is 31.1 Å². The Bertz CT molecular complexity index is 1870. The van der Waals surface area contributed by atoms with Crippen LogP contribution in [0, 0.1) is 5.82 Å². The maximum atomic E-state index is 16.8. The van der Waals surface area contributed by atoms with E-state index >= 15 is 4.39 Å². The number of piperazine rings is 1. The highest BCUT2D eigenvalue weighted by molar-refractivity contribution is 6.36. The van der Waals surface area contributed by atoms with Crippen molar-refractivity contribution in [3.8, 4) is 17.3 Å². The normalized spacial score (nSPS) is 20.1. The fourth-order valence-electron chi connectivity index (χ4n) is 7.28. The van der Waals surface area contributed by atoms with E-state index in [9.17, 15) is 9.59 Å². The molecule has 10 nitrogen and oxygen atoms in total. The molecular formula is C36H40ClFN6O4. The fourth-order valence-corrected chi connectivity index (χ4v) is 7.56. The van der Waals surface area contributed by atoms with Crippen molar-refractivity contribution < 1.29 is 23.5 Å². The second-order valence-corrected chi connectivity index (χ2v) is 14.3. The third-order valence-corrected chi connectivity index (χ3v) is 9.82. The van der Waals surface area contributed by atoms with Gasteiger partial charge in [-0.15, -0.1) is 0 Å². The Morgan fingerprint density at radius 1 is 1.00 bits per heavy atom. The number of fused-ring (bicyclic) bond motifs is 4. The van der Waals surface area contributed by atoms with Gasteiger partial charge in [-0.05, 0) is 45.1 Å². The number of pyridine rings is 1. The van der Waals surface area contributed by atoms with Crippen LogP contribution in [-0.2, 0) is 9.53 Å². The van der Waals surface area contributed by atoms with Crippen LogP contribution in [-0.4, -0.2) is 86.7 Å². The Balaban J connectivity index is 1.27. The molecule has 7 rings (SSSR count). The molecule has 5 heterocycles. The maximum absolute atomic E-state index is 16.8. The Morgan fingerprint density at radius 3 is 2.35 bits per heavy atom. The van der Waals surface area contributed by atoms with Crippen molar-refractivity contribution in [1.82, 2.24) is 24.8 Å². The van der Waals surface area contributed by atoms with Crippen molar-refractivity contribution in [3.63, 3.8) is 0 Å². The average molecular weight is 675 g/mol. The lowest BCUT2D eigenvalue weighted by atomic mass is 10.0. The smallest absolute Gasteiger partial charge is 0.410 e. The van der Waals surface area contributed by atoms with Crippen LogP contribution < -0.4 is 9.64 Å². The predicted octanol–water partition coefficient (Wildman–Crippen LogP) is 7.01. The number of aromatic nitrogens is 3. The van der Waals surface area contributed by atoms with Crippen LogP contribution in [0.1, 0.15) is 59.8 Å². The second kappa shape index (κ2) is 12.7. The molecule has 2 aromatic carbocycles. The molecule has 48 heavy (non-hydrogen) atoms. The van der Waals surface area contributed by atoms with E-state index in [1.807, 2.05) is 67.8 Å². The van der Waals surface area contributed by atoms with Gasteiger partial charge in [-0.2, -0.15) is 9.97 Å². The molecule has 0 N–H and O–H groups in total. The standard InChI is InChI=1S/C36H40ClFN6O4/c1-5-28(45)42-16-14-24(15-17-42)47-34-40-32-26(18-39-31(30(32)38)25-10-6-8-21-9-7-11-27(37)29(21)25)33(41-34)43-19-22-12-13-23(20-43)44(22)35(46)48-36(2,3)4/h6-11,18,22-24H,5,12-17,19-20H2,1-4H3. The number of ether oxygens (including phenoxy) is 2. The molecule has 4 aromatic rings. The van der Waals surface area contributed by atoms with Gasteiger partial charge >= 0.3 is 12.1 Å². The lowest BCUT2D eigenvalue weighted by molar-refractivity contribution is -0.132. The molecule has 12 heteroatoms. The van der Waals surface area contributed by atoms with Crippen molar-refractivity contribution in [3.05, 3.63) is 53.4 Å². The summed E-state index contributed by atoms with van der Waals surface area (Å²) < 4.78 is 28.9. The Hall–Kier alpha value is -4.25. The summed E-state index contributed by atoms with van der Waals surface area (Å²) in [6, 6.07) is 11.1. The van der Waals surface area contributed by atoms with Gasteiger partial charge in [0.1, 0.15) is 28.7 Å². The van der Waals surface area contributed by atoms with Gasteiger partial charge in [0, 0.05) is 67.6 Å². The molecule has 3 fully saturated rings. The lowest BCUT2D eigenvalue weighted by Crippen LogP contribution is -2.57. The Morgan fingerprint density at radius 2 is 1.69 bits per heavy atom. The number of anilines is 1. The number of halogens is 2. The summed E-state index contributed by atoms with van der Waals surface area (Å²) in [5, 5.41) is 2.55. The topological polar surface area (TPSA) is 101 Å². The van der Waals surface area contributed by atoms with Crippen molar-refractivity contribution >= 4 is 51.1 Å². The number of nitrogens with zero attached hydrogens (tertiary/aromatic N) is 6. The molecule has 2 aromatic heterocycles. The molecule has 2 unspecified atom stereocenters. The quantitative estimate of drug-likeness (QED) is 0.223. The molecule has 2 amide bonds. The van der Waals surface area contributed by atoms with E-state index in [0.717, 1.165) is 18.2 Å². The summed E-state index contributed by atoms with van der Waals surface area (Å²) in [5.41, 5.74) is 0.206. The zero-order chi connectivity index (χ0) is 33.7. The van der Waals surface area contributed by atoms with Crippen LogP contribution in [0.2, 0.25) is 5.02 Å². The molecule has 252 valence electrons. The van der Waals surface area contributed by atoms with Crippen LogP contribution in [0.25, 0.3) is 32.9 Å². The lowest BCUT2D eigenvalue weighted by Gasteiger charge is -2.42. The summed E-state index contributed by atoms with van der Waals surface area (Å²) in [6.45, 7) is 9.62. The number of benzene rings is 2. The number of piperidine rings is 1. The van der Waals surface area contributed by atoms with E-state index < -0.39 is 11.4 Å². The first-order valence-electron chi connectivity index (χ1n) is 16.7. The van der Waals surface area contributed by atoms with Crippen molar-refractivity contribution in [2.45, 2.75) is 83.6 Å². The van der Waals surface area contributed by atoms with E-state index in [4.69, 9.17) is 26.1 Å². The molecule has 0 radical (unpaired) electrons. The highest BCUT2D eigenvalue weighted by Crippen LogP contribution is 2.40. The number of carbonyl (C=O) groups is 2. The second-order valence-electron chi connectivity index (χ2n) is 13.9. The third-order valence-electron chi connectivity index (χ3n) is 9.51. The zero-order valence-corrected chi connectivity index (χ0v) is 28.5. The number of amides is 2. The third kappa shape index (κ3) is 6.08. The van der Waals surface area contributed by atoms with Crippen molar-refractivity contribution in [2.24, 2.45) is 0 Å². The molecule has 3 aliphatic rings. The minimum atomic E-state index is -0.599. The molecule has 0 saturated carbocycles. The molecule has 3 saturated heterocycles. The summed E-state index contributed by atoms with van der Waals surface area (Å²) in [7, 11) is 0. The van der Waals surface area contributed by atoms with Gasteiger partial charge in [-0.25, -0.2) is 9.18 Å². The predicted molar refractivity (Wildman–Crippen MR) is 183 cm³/mol. The van der Waals surface area contributed by atoms with Gasteiger partial charge in [-0.1, -0.05) is 48.9 Å². The molecule has 0 aliphatic carbocycles. The van der Waals surface area contributed by atoms with Gasteiger partial charge in [0.25, 0.3) is 0 Å². The SMILES string of the molecule is CCC(=O)N1CCC(Oc2nc(N3CC4CCC(C3)N4C(=O)OC(C)(C)C)c3cnc(-c4cccc5cccc(Cl)c45)c(F)c3n2)CC1. The highest BCUT2D eigenvalue weighted by Gasteiger charge is 2.45. The minimum Gasteiger partial charge on any atom is -0.460 e. The molecule has 2 atom stereocenters. The Kier molecular flexibility index (Phi) is 8.51. The van der Waals surface area contributed by atoms with E-state index in [-0.39, 0.29) is 47.4 Å². The van der Waals surface area contributed by atoms with E-state index in [2.05, 4.69) is 14.9 Å². The molecule has 0 spiro atoms. The number of hydrogen-bond donors (Lipinski definition) is 0. The van der Waals surface area contributed by atoms with E-state index in [0.29, 0.717) is 72.6 Å². The summed E-state index contributed by atoms with van der Waals surface area (Å²) >= 11 is 6.62. The molecule has 2 bridgehead atoms. The summed E-state index contributed by atoms with van der Waals surface area (Å²) in [5.74, 6) is 0.0452. The van der Waals surface area contributed by atoms with Crippen LogP contribution in [0.3, 0.4) is 0 Å². The Labute approximate surface area is 284 Å². The molecular weight excluding hydrogens is 635 g/mol. The van der Waals surface area contributed by atoms with Crippen LogP contribution >= 0.6 is 11.6 Å². The first-order chi connectivity index (χ1) is 23.0. The number of hydrogen-bond acceptors (Lipinski definition) is 8. The number of carbonyl (C=O) groups excluding carboxylic acids is 2. The zero-order valence-electron chi connectivity index (χ0n) is 27.7.